The average Bonchev–Trinajstić information content (AvgIpc) is 2.37. The molecule has 0 radical (unpaired) electrons. The van der Waals surface area contributed by atoms with Crippen LogP contribution in [0, 0.1) is 21.7 Å². The number of non-ortho nitro benzene ring substituents is 1. The molecule has 0 spiro atoms. The van der Waals surface area contributed by atoms with Gasteiger partial charge in [0.25, 0.3) is 5.69 Å². The van der Waals surface area contributed by atoms with Crippen molar-refractivity contribution in [3.8, 4) is 0 Å². The predicted molar refractivity (Wildman–Crippen MR) is 79.2 cm³/mol. The second kappa shape index (κ2) is 6.17. The Hall–Kier alpha value is -2.02. The van der Waals surface area contributed by atoms with Gasteiger partial charge in [0.2, 0.25) is 0 Å². The quantitative estimate of drug-likeness (QED) is 0.631. The number of anilines is 1. The van der Waals surface area contributed by atoms with Gasteiger partial charge in [-0.15, -0.1) is 0 Å². The molecule has 0 amide bonds. The van der Waals surface area contributed by atoms with Crippen LogP contribution in [-0.2, 0) is 0 Å². The fourth-order valence-corrected chi connectivity index (χ4v) is 2.64. The van der Waals surface area contributed by atoms with Crippen molar-refractivity contribution in [3.05, 3.63) is 68.2 Å². The molecule has 4 nitrogen and oxygen atoms in total. The molecule has 2 rings (SSSR count). The summed E-state index contributed by atoms with van der Waals surface area (Å²) in [4.78, 5) is 10.1. The molecule has 0 heterocycles. The number of benzene rings is 2. The predicted octanol–water partition coefficient (Wildman–Crippen LogP) is 4.81. The van der Waals surface area contributed by atoms with Gasteiger partial charge in [-0.2, -0.15) is 0 Å². The Bertz CT molecular complexity index is 695. The summed E-state index contributed by atoms with van der Waals surface area (Å²) in [6, 6.07) is 7.20. The molecular formula is C14H11BrF2N2O2. The Balaban J connectivity index is 2.27. The van der Waals surface area contributed by atoms with E-state index in [4.69, 9.17) is 0 Å². The third kappa shape index (κ3) is 3.75. The van der Waals surface area contributed by atoms with Crippen molar-refractivity contribution >= 4 is 27.3 Å². The minimum Gasteiger partial charge on any atom is -0.378 e. The van der Waals surface area contributed by atoms with Gasteiger partial charge in [0, 0.05) is 22.3 Å². The van der Waals surface area contributed by atoms with Crippen LogP contribution in [0.15, 0.2) is 40.9 Å². The molecule has 0 aliphatic rings. The number of nitrogens with one attached hydrogen (secondary N) is 1. The van der Waals surface area contributed by atoms with E-state index >= 15 is 0 Å². The second-order valence-electron chi connectivity index (χ2n) is 4.49. The molecule has 1 unspecified atom stereocenters. The van der Waals surface area contributed by atoms with Crippen molar-refractivity contribution < 1.29 is 13.7 Å². The van der Waals surface area contributed by atoms with E-state index < -0.39 is 10.7 Å². The molecule has 110 valence electrons. The first kappa shape index (κ1) is 15.4. The maximum absolute atomic E-state index is 13.4. The van der Waals surface area contributed by atoms with Gasteiger partial charge in [-0.05, 0) is 30.7 Å². The van der Waals surface area contributed by atoms with E-state index in [0.717, 1.165) is 11.6 Å². The van der Waals surface area contributed by atoms with Crippen LogP contribution in [0.3, 0.4) is 0 Å². The number of rotatable bonds is 4. The van der Waals surface area contributed by atoms with Crippen LogP contribution in [0.25, 0.3) is 0 Å². The van der Waals surface area contributed by atoms with E-state index in [1.165, 1.54) is 24.3 Å². The van der Waals surface area contributed by atoms with Gasteiger partial charge >= 0.3 is 0 Å². The maximum atomic E-state index is 13.4. The van der Waals surface area contributed by atoms with Crippen molar-refractivity contribution in [3.63, 3.8) is 0 Å². The lowest BCUT2D eigenvalue weighted by Gasteiger charge is -2.17. The number of nitrogens with zero attached hydrogens (tertiary/aromatic N) is 1. The van der Waals surface area contributed by atoms with E-state index in [1.54, 1.807) is 13.0 Å². The van der Waals surface area contributed by atoms with E-state index in [0.29, 0.717) is 4.47 Å². The summed E-state index contributed by atoms with van der Waals surface area (Å²) < 4.78 is 27.0. The van der Waals surface area contributed by atoms with Gasteiger partial charge in [0.05, 0.1) is 11.0 Å². The van der Waals surface area contributed by atoms with E-state index in [-0.39, 0.29) is 23.2 Å². The highest BCUT2D eigenvalue weighted by molar-refractivity contribution is 9.10. The van der Waals surface area contributed by atoms with Gasteiger partial charge in [-0.25, -0.2) is 8.78 Å². The first-order valence-corrected chi connectivity index (χ1v) is 6.82. The Morgan fingerprint density at radius 3 is 2.52 bits per heavy atom. The molecule has 1 N–H and O–H groups in total. The molecule has 0 fully saturated rings. The first-order valence-electron chi connectivity index (χ1n) is 6.03. The summed E-state index contributed by atoms with van der Waals surface area (Å²) in [6.45, 7) is 1.79. The molecule has 0 aromatic heterocycles. The fraction of sp³-hybridized carbons (Fsp3) is 0.143. The number of nitro groups is 1. The summed E-state index contributed by atoms with van der Waals surface area (Å²) >= 11 is 3.25. The van der Waals surface area contributed by atoms with Crippen LogP contribution < -0.4 is 5.32 Å². The van der Waals surface area contributed by atoms with Gasteiger partial charge < -0.3 is 5.32 Å². The number of halogens is 3. The lowest BCUT2D eigenvalue weighted by atomic mass is 10.1. The molecule has 2 aromatic rings. The molecule has 0 saturated heterocycles. The third-order valence-corrected chi connectivity index (χ3v) is 3.59. The van der Waals surface area contributed by atoms with E-state index in [2.05, 4.69) is 21.2 Å². The summed E-state index contributed by atoms with van der Waals surface area (Å²) in [5, 5.41) is 13.7. The van der Waals surface area contributed by atoms with E-state index in [1.807, 2.05) is 0 Å². The number of hydrogen-bond acceptors (Lipinski definition) is 3. The Kier molecular flexibility index (Phi) is 4.52. The average molecular weight is 357 g/mol. The van der Waals surface area contributed by atoms with Crippen molar-refractivity contribution in [2.24, 2.45) is 0 Å². The standard InChI is InChI=1S/C14H11BrF2N2O2/c1-8(13-3-2-9(16)6-14(13)15)18-11-4-10(17)5-12(7-11)19(20)21/h2-8,18H,1H3. The summed E-state index contributed by atoms with van der Waals surface area (Å²) in [5.74, 6) is -1.07. The minimum absolute atomic E-state index is 0.283. The zero-order chi connectivity index (χ0) is 15.6. The number of hydrogen-bond donors (Lipinski definition) is 1. The molecule has 0 bridgehead atoms. The smallest absolute Gasteiger partial charge is 0.274 e. The lowest BCUT2D eigenvalue weighted by molar-refractivity contribution is -0.385. The molecule has 7 heteroatoms. The summed E-state index contributed by atoms with van der Waals surface area (Å²) in [7, 11) is 0. The molecular weight excluding hydrogens is 346 g/mol. The molecule has 0 saturated carbocycles. The normalized spacial score (nSPS) is 12.0. The van der Waals surface area contributed by atoms with Crippen LogP contribution in [0.2, 0.25) is 0 Å². The Morgan fingerprint density at radius 2 is 1.90 bits per heavy atom. The maximum Gasteiger partial charge on any atom is 0.274 e. The molecule has 2 aromatic carbocycles. The molecule has 21 heavy (non-hydrogen) atoms. The molecule has 0 aliphatic heterocycles. The van der Waals surface area contributed by atoms with Crippen molar-refractivity contribution in [1.82, 2.24) is 0 Å². The van der Waals surface area contributed by atoms with Gasteiger partial charge in [-0.3, -0.25) is 10.1 Å². The number of nitro benzene ring substituents is 1. The summed E-state index contributed by atoms with van der Waals surface area (Å²) in [5.41, 5.74) is 0.705. The summed E-state index contributed by atoms with van der Waals surface area (Å²) in [6.07, 6.45) is 0. The molecule has 1 atom stereocenters. The zero-order valence-corrected chi connectivity index (χ0v) is 12.5. The van der Waals surface area contributed by atoms with Crippen LogP contribution in [0.1, 0.15) is 18.5 Å². The Morgan fingerprint density at radius 1 is 1.19 bits per heavy atom. The minimum atomic E-state index is -0.697. The van der Waals surface area contributed by atoms with Crippen LogP contribution >= 0.6 is 15.9 Å². The van der Waals surface area contributed by atoms with Crippen molar-refractivity contribution in [2.75, 3.05) is 5.32 Å². The van der Waals surface area contributed by atoms with Gasteiger partial charge in [0.15, 0.2) is 0 Å². The lowest BCUT2D eigenvalue weighted by Crippen LogP contribution is -2.08. The van der Waals surface area contributed by atoms with Gasteiger partial charge in [-0.1, -0.05) is 22.0 Å². The van der Waals surface area contributed by atoms with Crippen LogP contribution in [0.4, 0.5) is 20.2 Å². The Labute approximate surface area is 128 Å². The third-order valence-electron chi connectivity index (χ3n) is 2.91. The highest BCUT2D eigenvalue weighted by Crippen LogP contribution is 2.28. The van der Waals surface area contributed by atoms with Crippen LogP contribution in [-0.4, -0.2) is 4.92 Å². The topological polar surface area (TPSA) is 55.2 Å². The highest BCUT2D eigenvalue weighted by Gasteiger charge is 2.14. The monoisotopic (exact) mass is 356 g/mol. The van der Waals surface area contributed by atoms with Crippen molar-refractivity contribution in [1.29, 1.82) is 0 Å². The van der Waals surface area contributed by atoms with Gasteiger partial charge in [0.1, 0.15) is 11.6 Å². The van der Waals surface area contributed by atoms with Crippen LogP contribution in [0.5, 0.6) is 0 Å². The highest BCUT2D eigenvalue weighted by atomic mass is 79.9. The first-order chi connectivity index (χ1) is 9.86. The van der Waals surface area contributed by atoms with E-state index in [9.17, 15) is 18.9 Å². The fourth-order valence-electron chi connectivity index (χ4n) is 1.94. The van der Waals surface area contributed by atoms with Crippen molar-refractivity contribution in [2.45, 2.75) is 13.0 Å². The molecule has 0 aliphatic carbocycles. The second-order valence-corrected chi connectivity index (χ2v) is 5.34. The largest absolute Gasteiger partial charge is 0.378 e. The SMILES string of the molecule is CC(Nc1cc(F)cc([N+](=O)[O-])c1)c1ccc(F)cc1Br. The zero-order valence-electron chi connectivity index (χ0n) is 10.9.